The molecule has 4 aromatic rings. The summed E-state index contributed by atoms with van der Waals surface area (Å²) in [5.74, 6) is 1.62. The predicted octanol–water partition coefficient (Wildman–Crippen LogP) is 3.05. The van der Waals surface area contributed by atoms with Crippen LogP contribution in [0.25, 0.3) is 5.69 Å². The summed E-state index contributed by atoms with van der Waals surface area (Å²) >= 11 is 1.38. The average Bonchev–Trinajstić information content (AvgIpc) is 3.28. The lowest BCUT2D eigenvalue weighted by Gasteiger charge is -2.27. The standard InChI is InChI=1S/C22H22FN9OS/c23-15-5-4-8-17(13-15)32-21(31-9-11-33-12-10-31)29-30-22(32)34-14-18-26-19(24)28-20(27-18)25-16-6-2-1-3-7-16/h1-8,13H,9-12,14H2,(H3,24,25,26,27,28). The molecule has 0 atom stereocenters. The first-order chi connectivity index (χ1) is 16.7. The number of rotatable bonds is 7. The van der Waals surface area contributed by atoms with E-state index in [0.29, 0.717) is 60.6 Å². The zero-order valence-electron chi connectivity index (χ0n) is 18.1. The fourth-order valence-electron chi connectivity index (χ4n) is 3.50. The lowest BCUT2D eigenvalue weighted by molar-refractivity contribution is 0.122. The molecule has 34 heavy (non-hydrogen) atoms. The normalized spacial score (nSPS) is 13.7. The van der Waals surface area contributed by atoms with Crippen LogP contribution >= 0.6 is 11.8 Å². The Bertz CT molecular complexity index is 1260. The van der Waals surface area contributed by atoms with Gasteiger partial charge in [-0.25, -0.2) is 4.39 Å². The smallest absolute Gasteiger partial charge is 0.232 e. The van der Waals surface area contributed by atoms with Gasteiger partial charge >= 0.3 is 0 Å². The summed E-state index contributed by atoms with van der Waals surface area (Å²) < 4.78 is 21.3. The van der Waals surface area contributed by atoms with Crippen molar-refractivity contribution in [2.24, 2.45) is 0 Å². The molecule has 1 aliphatic rings. The minimum absolute atomic E-state index is 0.115. The van der Waals surface area contributed by atoms with E-state index >= 15 is 0 Å². The first-order valence-electron chi connectivity index (χ1n) is 10.6. The third-order valence-electron chi connectivity index (χ3n) is 5.04. The number of nitrogens with two attached hydrogens (primary N) is 1. The maximum atomic E-state index is 14.0. The van der Waals surface area contributed by atoms with Crippen molar-refractivity contribution in [3.8, 4) is 5.69 Å². The molecule has 174 valence electrons. The van der Waals surface area contributed by atoms with Gasteiger partial charge in [0.25, 0.3) is 0 Å². The Morgan fingerprint density at radius 3 is 2.62 bits per heavy atom. The molecule has 0 radical (unpaired) electrons. The van der Waals surface area contributed by atoms with Crippen LogP contribution in [0.1, 0.15) is 5.82 Å². The largest absolute Gasteiger partial charge is 0.378 e. The van der Waals surface area contributed by atoms with Crippen molar-refractivity contribution in [2.75, 3.05) is 42.3 Å². The molecule has 0 bridgehead atoms. The Morgan fingerprint density at radius 1 is 1.00 bits per heavy atom. The highest BCUT2D eigenvalue weighted by Gasteiger charge is 2.22. The molecule has 0 saturated carbocycles. The molecule has 0 spiro atoms. The SMILES string of the molecule is Nc1nc(CSc2nnc(N3CCOCC3)n2-c2cccc(F)c2)nc(Nc2ccccc2)n1. The number of halogens is 1. The summed E-state index contributed by atoms with van der Waals surface area (Å²) in [6, 6.07) is 15.9. The molecule has 1 saturated heterocycles. The summed E-state index contributed by atoms with van der Waals surface area (Å²) in [5.41, 5.74) is 7.39. The highest BCUT2D eigenvalue weighted by molar-refractivity contribution is 7.98. The molecule has 1 fully saturated rings. The Balaban J connectivity index is 1.41. The van der Waals surface area contributed by atoms with Crippen LogP contribution in [0.2, 0.25) is 0 Å². The highest BCUT2D eigenvalue weighted by atomic mass is 32.2. The zero-order valence-corrected chi connectivity index (χ0v) is 19.0. The van der Waals surface area contributed by atoms with Crippen molar-refractivity contribution < 1.29 is 9.13 Å². The van der Waals surface area contributed by atoms with Gasteiger partial charge in [0.15, 0.2) is 5.16 Å². The van der Waals surface area contributed by atoms with E-state index in [9.17, 15) is 4.39 Å². The summed E-state index contributed by atoms with van der Waals surface area (Å²) in [6.07, 6.45) is 0. The number of morpholine rings is 1. The molecule has 12 heteroatoms. The van der Waals surface area contributed by atoms with E-state index in [-0.39, 0.29) is 11.8 Å². The highest BCUT2D eigenvalue weighted by Crippen LogP contribution is 2.29. The van der Waals surface area contributed by atoms with Crippen LogP contribution in [0.15, 0.2) is 59.8 Å². The number of para-hydroxylation sites is 1. The van der Waals surface area contributed by atoms with E-state index in [1.807, 2.05) is 41.0 Å². The quantitative estimate of drug-likeness (QED) is 0.383. The Morgan fingerprint density at radius 2 is 1.82 bits per heavy atom. The Kier molecular flexibility index (Phi) is 6.49. The van der Waals surface area contributed by atoms with Crippen LogP contribution in [0.4, 0.5) is 27.9 Å². The van der Waals surface area contributed by atoms with Gasteiger partial charge in [-0.05, 0) is 30.3 Å². The monoisotopic (exact) mass is 479 g/mol. The first-order valence-corrected chi connectivity index (χ1v) is 11.6. The lowest BCUT2D eigenvalue weighted by atomic mass is 10.3. The molecule has 0 unspecified atom stereocenters. The second-order valence-electron chi connectivity index (χ2n) is 7.41. The van der Waals surface area contributed by atoms with Crippen molar-refractivity contribution in [1.82, 2.24) is 29.7 Å². The fraction of sp³-hybridized carbons (Fsp3) is 0.227. The van der Waals surface area contributed by atoms with Gasteiger partial charge < -0.3 is 20.7 Å². The van der Waals surface area contributed by atoms with Crippen molar-refractivity contribution >= 4 is 35.3 Å². The summed E-state index contributed by atoms with van der Waals surface area (Å²) in [7, 11) is 0. The number of benzene rings is 2. The molecular weight excluding hydrogens is 457 g/mol. The van der Waals surface area contributed by atoms with Crippen molar-refractivity contribution in [2.45, 2.75) is 10.9 Å². The van der Waals surface area contributed by atoms with Crippen LogP contribution in [0.3, 0.4) is 0 Å². The van der Waals surface area contributed by atoms with Crippen LogP contribution < -0.4 is 16.0 Å². The minimum atomic E-state index is -0.336. The molecule has 5 rings (SSSR count). The van der Waals surface area contributed by atoms with Gasteiger partial charge in [-0.2, -0.15) is 15.0 Å². The Hall–Kier alpha value is -3.77. The number of anilines is 4. The molecular formula is C22H22FN9OS. The molecule has 2 aromatic heterocycles. The van der Waals surface area contributed by atoms with Crippen molar-refractivity contribution in [3.05, 3.63) is 66.2 Å². The second-order valence-corrected chi connectivity index (χ2v) is 8.35. The number of aromatic nitrogens is 6. The van der Waals surface area contributed by atoms with Gasteiger partial charge in [-0.1, -0.05) is 36.0 Å². The Labute approximate surface area is 199 Å². The van der Waals surface area contributed by atoms with Gasteiger partial charge in [-0.3, -0.25) is 4.57 Å². The number of ether oxygens (including phenoxy) is 1. The van der Waals surface area contributed by atoms with Gasteiger partial charge in [-0.15, -0.1) is 10.2 Å². The average molecular weight is 480 g/mol. The fourth-order valence-corrected chi connectivity index (χ4v) is 4.31. The van der Waals surface area contributed by atoms with Crippen LogP contribution in [0, 0.1) is 5.82 Å². The third-order valence-corrected chi connectivity index (χ3v) is 5.96. The molecule has 3 heterocycles. The first kappa shape index (κ1) is 22.0. The topological polar surface area (TPSA) is 120 Å². The predicted molar refractivity (Wildman–Crippen MR) is 128 cm³/mol. The molecule has 2 aromatic carbocycles. The maximum Gasteiger partial charge on any atom is 0.232 e. The van der Waals surface area contributed by atoms with Gasteiger partial charge in [0.05, 0.1) is 24.7 Å². The van der Waals surface area contributed by atoms with Gasteiger partial charge in [0.1, 0.15) is 11.6 Å². The van der Waals surface area contributed by atoms with E-state index in [4.69, 9.17) is 10.5 Å². The number of nitrogens with zero attached hydrogens (tertiary/aromatic N) is 7. The van der Waals surface area contributed by atoms with E-state index < -0.39 is 0 Å². The van der Waals surface area contributed by atoms with Crippen molar-refractivity contribution in [3.63, 3.8) is 0 Å². The molecule has 0 amide bonds. The molecule has 10 nitrogen and oxygen atoms in total. The second kappa shape index (κ2) is 10.0. The summed E-state index contributed by atoms with van der Waals surface area (Å²) in [4.78, 5) is 15.0. The minimum Gasteiger partial charge on any atom is -0.378 e. The number of thioether (sulfide) groups is 1. The van der Waals surface area contributed by atoms with Gasteiger partial charge in [0, 0.05) is 18.8 Å². The zero-order chi connectivity index (χ0) is 23.3. The number of hydrogen-bond acceptors (Lipinski definition) is 10. The number of hydrogen-bond donors (Lipinski definition) is 2. The molecule has 3 N–H and O–H groups in total. The van der Waals surface area contributed by atoms with E-state index in [2.05, 4.69) is 35.4 Å². The van der Waals surface area contributed by atoms with E-state index in [0.717, 1.165) is 5.69 Å². The summed E-state index contributed by atoms with van der Waals surface area (Å²) in [5, 5.41) is 12.5. The number of nitrogen functional groups attached to an aromatic ring is 1. The van der Waals surface area contributed by atoms with E-state index in [1.165, 1.54) is 23.9 Å². The van der Waals surface area contributed by atoms with Crippen LogP contribution in [-0.4, -0.2) is 56.0 Å². The van der Waals surface area contributed by atoms with Gasteiger partial charge in [0.2, 0.25) is 17.8 Å². The number of nitrogens with one attached hydrogen (secondary N) is 1. The van der Waals surface area contributed by atoms with Crippen LogP contribution in [-0.2, 0) is 10.5 Å². The molecule has 1 aliphatic heterocycles. The van der Waals surface area contributed by atoms with Crippen molar-refractivity contribution in [1.29, 1.82) is 0 Å². The van der Waals surface area contributed by atoms with E-state index in [1.54, 1.807) is 6.07 Å². The third kappa shape index (κ3) is 5.07. The summed E-state index contributed by atoms with van der Waals surface area (Å²) in [6.45, 7) is 2.55. The lowest BCUT2D eigenvalue weighted by Crippen LogP contribution is -2.37. The van der Waals surface area contributed by atoms with Crippen LogP contribution in [0.5, 0.6) is 0 Å². The molecule has 0 aliphatic carbocycles. The maximum absolute atomic E-state index is 14.0.